The predicted molar refractivity (Wildman–Crippen MR) is 161 cm³/mol. The first-order valence-corrected chi connectivity index (χ1v) is 15.8. The van der Waals surface area contributed by atoms with Gasteiger partial charge in [0.1, 0.15) is 6.17 Å². The highest BCUT2D eigenvalue weighted by Gasteiger charge is 2.34. The van der Waals surface area contributed by atoms with Crippen molar-refractivity contribution < 1.29 is 13.2 Å². The van der Waals surface area contributed by atoms with Gasteiger partial charge in [-0.1, -0.05) is 24.3 Å². The lowest BCUT2D eigenvalue weighted by atomic mass is 10.1. The van der Waals surface area contributed by atoms with Gasteiger partial charge in [-0.2, -0.15) is 9.40 Å². The standard InChI is InChI=1S/C30H36N8O3S/c31-17-21-6-8-25(9-7-21)37-20-24-16-28(35-29(24)36-30(37)39)23-4-1-5-27(15-23)42(40,41)38(26-10-12-32-13-11-26)14-2-3-22-18-33-34-19-22/h1,4-9,15-16,18-20,26,29,32,35H,2-3,10-14,17,31H2,(H,33,34)(H,36,39). The number of urea groups is 1. The van der Waals surface area contributed by atoms with Gasteiger partial charge in [-0.05, 0) is 85.8 Å². The summed E-state index contributed by atoms with van der Waals surface area (Å²) < 4.78 is 29.9. The van der Waals surface area contributed by atoms with E-state index in [0.29, 0.717) is 19.5 Å². The molecule has 0 aliphatic carbocycles. The van der Waals surface area contributed by atoms with Gasteiger partial charge in [0, 0.05) is 42.8 Å². The molecule has 0 saturated carbocycles. The normalized spacial score (nSPS) is 19.2. The second kappa shape index (κ2) is 12.1. The van der Waals surface area contributed by atoms with E-state index in [1.807, 2.05) is 42.6 Å². The molecule has 3 aliphatic heterocycles. The number of anilines is 1. The molecule has 12 heteroatoms. The van der Waals surface area contributed by atoms with Crippen molar-refractivity contribution in [2.24, 2.45) is 5.73 Å². The molecule has 0 bridgehead atoms. The molecule has 2 amide bonds. The van der Waals surface area contributed by atoms with Crippen molar-refractivity contribution in [3.63, 3.8) is 0 Å². The van der Waals surface area contributed by atoms with Gasteiger partial charge in [0.15, 0.2) is 0 Å². The maximum Gasteiger partial charge on any atom is 0.327 e. The summed E-state index contributed by atoms with van der Waals surface area (Å²) >= 11 is 0. The highest BCUT2D eigenvalue weighted by Crippen LogP contribution is 2.30. The lowest BCUT2D eigenvalue weighted by Crippen LogP contribution is -2.51. The van der Waals surface area contributed by atoms with Crippen molar-refractivity contribution in [2.45, 2.75) is 49.3 Å². The highest BCUT2D eigenvalue weighted by atomic mass is 32.2. The molecule has 0 radical (unpaired) electrons. The van der Waals surface area contributed by atoms with E-state index in [9.17, 15) is 13.2 Å². The molecule has 0 spiro atoms. The number of H-pyrrole nitrogens is 1. The van der Waals surface area contributed by atoms with E-state index in [0.717, 1.165) is 66.0 Å². The lowest BCUT2D eigenvalue weighted by Gasteiger charge is -2.34. The number of hydrogen-bond acceptors (Lipinski definition) is 7. The molecular formula is C30H36N8O3S. The molecule has 1 fully saturated rings. The van der Waals surface area contributed by atoms with E-state index in [-0.39, 0.29) is 17.0 Å². The lowest BCUT2D eigenvalue weighted by molar-refractivity contribution is 0.244. The van der Waals surface area contributed by atoms with Gasteiger partial charge < -0.3 is 21.7 Å². The largest absolute Gasteiger partial charge is 0.361 e. The van der Waals surface area contributed by atoms with E-state index in [2.05, 4.69) is 26.1 Å². The topological polar surface area (TPSA) is 148 Å². The number of nitrogens with zero attached hydrogens (tertiary/aromatic N) is 3. The van der Waals surface area contributed by atoms with E-state index in [1.165, 1.54) is 0 Å². The van der Waals surface area contributed by atoms with E-state index >= 15 is 0 Å². The van der Waals surface area contributed by atoms with Crippen molar-refractivity contribution in [1.82, 2.24) is 30.5 Å². The Morgan fingerprint density at radius 1 is 1.05 bits per heavy atom. The van der Waals surface area contributed by atoms with Crippen LogP contribution in [0.15, 0.2) is 83.7 Å². The Balaban J connectivity index is 1.24. The van der Waals surface area contributed by atoms with Crippen LogP contribution in [0, 0.1) is 0 Å². The third kappa shape index (κ3) is 5.84. The third-order valence-electron chi connectivity index (χ3n) is 8.03. The number of piperidine rings is 1. The summed E-state index contributed by atoms with van der Waals surface area (Å²) in [7, 11) is -3.75. The summed E-state index contributed by atoms with van der Waals surface area (Å²) in [6, 6.07) is 14.3. The number of amides is 2. The predicted octanol–water partition coefficient (Wildman–Crippen LogP) is 2.63. The van der Waals surface area contributed by atoms with Crippen molar-refractivity contribution in [2.75, 3.05) is 24.5 Å². The first kappa shape index (κ1) is 28.2. The number of nitrogens with one attached hydrogen (secondary N) is 4. The fraction of sp³-hybridized carbons (Fsp3) is 0.333. The molecule has 42 heavy (non-hydrogen) atoms. The summed E-state index contributed by atoms with van der Waals surface area (Å²) in [5, 5.41) is 16.5. The molecule has 4 heterocycles. The molecule has 6 N–H and O–H groups in total. The molecule has 11 nitrogen and oxygen atoms in total. The maximum absolute atomic E-state index is 14.1. The van der Waals surface area contributed by atoms with Gasteiger partial charge in [-0.25, -0.2) is 13.2 Å². The van der Waals surface area contributed by atoms with E-state index < -0.39 is 16.2 Å². The van der Waals surface area contributed by atoms with Crippen molar-refractivity contribution in [3.05, 3.63) is 95.5 Å². The van der Waals surface area contributed by atoms with Crippen molar-refractivity contribution in [3.8, 4) is 0 Å². The monoisotopic (exact) mass is 588 g/mol. The van der Waals surface area contributed by atoms with Gasteiger partial charge in [0.05, 0.1) is 16.8 Å². The van der Waals surface area contributed by atoms with Gasteiger partial charge in [0.25, 0.3) is 0 Å². The Hall–Kier alpha value is -3.97. The molecule has 1 unspecified atom stereocenters. The number of nitrogens with two attached hydrogens (primary N) is 1. The Morgan fingerprint density at radius 2 is 1.86 bits per heavy atom. The fourth-order valence-corrected chi connectivity index (χ4v) is 7.49. The number of carbonyl (C=O) groups is 1. The number of sulfonamides is 1. The molecular weight excluding hydrogens is 552 g/mol. The Kier molecular flexibility index (Phi) is 8.11. The van der Waals surface area contributed by atoms with Gasteiger partial charge >= 0.3 is 6.03 Å². The van der Waals surface area contributed by atoms with Gasteiger partial charge in [-0.3, -0.25) is 10.00 Å². The van der Waals surface area contributed by atoms with Gasteiger partial charge in [0.2, 0.25) is 10.0 Å². The van der Waals surface area contributed by atoms with Crippen LogP contribution in [0.4, 0.5) is 10.5 Å². The van der Waals surface area contributed by atoms with Crippen molar-refractivity contribution in [1.29, 1.82) is 0 Å². The summed E-state index contributed by atoms with van der Waals surface area (Å²) in [5.74, 6) is 0. The quantitative estimate of drug-likeness (QED) is 0.245. The zero-order valence-electron chi connectivity index (χ0n) is 23.3. The zero-order valence-corrected chi connectivity index (χ0v) is 24.1. The smallest absolute Gasteiger partial charge is 0.327 e. The van der Waals surface area contributed by atoms with Crippen LogP contribution < -0.4 is 26.6 Å². The summed E-state index contributed by atoms with van der Waals surface area (Å²) in [4.78, 5) is 14.7. The van der Waals surface area contributed by atoms with Crippen LogP contribution in [0.25, 0.3) is 5.70 Å². The van der Waals surface area contributed by atoms with Crippen molar-refractivity contribution >= 4 is 27.4 Å². The van der Waals surface area contributed by atoms with Crippen LogP contribution in [0.1, 0.15) is 36.0 Å². The Labute approximate surface area is 245 Å². The minimum Gasteiger partial charge on any atom is -0.361 e. The second-order valence-electron chi connectivity index (χ2n) is 10.8. The Bertz CT molecular complexity index is 1580. The zero-order chi connectivity index (χ0) is 29.1. The highest BCUT2D eigenvalue weighted by molar-refractivity contribution is 7.89. The number of aryl methyl sites for hydroxylation is 1. The summed E-state index contributed by atoms with van der Waals surface area (Å²) in [6.07, 6.45) is 9.99. The molecule has 6 rings (SSSR count). The molecule has 2 aromatic carbocycles. The number of rotatable bonds is 10. The molecule has 1 atom stereocenters. The summed E-state index contributed by atoms with van der Waals surface area (Å²) in [6.45, 7) is 2.46. The van der Waals surface area contributed by atoms with Crippen LogP contribution in [0.5, 0.6) is 0 Å². The number of fused-ring (bicyclic) bond motifs is 1. The molecule has 220 valence electrons. The fourth-order valence-electron chi connectivity index (χ4n) is 5.72. The van der Waals surface area contributed by atoms with Crippen LogP contribution in [0.3, 0.4) is 0 Å². The number of benzene rings is 2. The average molecular weight is 589 g/mol. The number of carbonyl (C=O) groups excluding carboxylic acids is 1. The first-order valence-electron chi connectivity index (χ1n) is 14.3. The molecule has 3 aromatic rings. The molecule has 1 saturated heterocycles. The third-order valence-corrected chi connectivity index (χ3v) is 9.97. The van der Waals surface area contributed by atoms with E-state index in [4.69, 9.17) is 5.73 Å². The minimum absolute atomic E-state index is 0.0544. The Morgan fingerprint density at radius 3 is 2.60 bits per heavy atom. The first-order chi connectivity index (χ1) is 20.4. The van der Waals surface area contributed by atoms with Crippen LogP contribution in [-0.2, 0) is 23.0 Å². The average Bonchev–Trinajstić information content (AvgIpc) is 3.69. The van der Waals surface area contributed by atoms with Crippen LogP contribution >= 0.6 is 0 Å². The number of hydrogen-bond donors (Lipinski definition) is 5. The van der Waals surface area contributed by atoms with Gasteiger partial charge in [-0.15, -0.1) is 0 Å². The van der Waals surface area contributed by atoms with E-state index in [1.54, 1.807) is 39.8 Å². The molecule has 1 aromatic heterocycles. The molecule has 3 aliphatic rings. The minimum atomic E-state index is -3.75. The second-order valence-corrected chi connectivity index (χ2v) is 12.7. The SMILES string of the molecule is NCc1ccc(N2C=C3C=C(c4cccc(S(=O)(=O)N(CCCc5cn[nH]c5)C5CCNCC5)c4)NC3NC2=O)cc1. The number of aromatic amines is 1. The maximum atomic E-state index is 14.1. The number of aromatic nitrogens is 2. The van der Waals surface area contributed by atoms with Crippen LogP contribution in [-0.4, -0.2) is 60.8 Å². The summed E-state index contributed by atoms with van der Waals surface area (Å²) in [5.41, 5.74) is 10.8. The van der Waals surface area contributed by atoms with Crippen LogP contribution in [0.2, 0.25) is 0 Å².